The Morgan fingerprint density at radius 1 is 1.12 bits per heavy atom. The number of benzene rings is 1. The zero-order valence-electron chi connectivity index (χ0n) is 17.0. The number of nitrogens with zero attached hydrogens (tertiary/aromatic N) is 2. The summed E-state index contributed by atoms with van der Waals surface area (Å²) in [5, 5.41) is 29.5. The van der Waals surface area contributed by atoms with Gasteiger partial charge in [0, 0.05) is 31.4 Å². The van der Waals surface area contributed by atoms with Gasteiger partial charge in [0.05, 0.1) is 17.0 Å². The average molecular weight is 463 g/mol. The number of pyridine rings is 1. The fourth-order valence-corrected chi connectivity index (χ4v) is 4.10. The van der Waals surface area contributed by atoms with E-state index in [1.807, 2.05) is 0 Å². The minimum atomic E-state index is -1.49. The third-order valence-electron chi connectivity index (χ3n) is 5.72. The van der Waals surface area contributed by atoms with Crippen molar-refractivity contribution in [3.8, 4) is 0 Å². The molecule has 0 radical (unpaired) electrons. The van der Waals surface area contributed by atoms with Crippen LogP contribution in [0.1, 0.15) is 35.7 Å². The Labute approximate surface area is 184 Å². The van der Waals surface area contributed by atoms with E-state index in [0.717, 1.165) is 12.3 Å². The number of hydrogen-bond donors (Lipinski definition) is 4. The van der Waals surface area contributed by atoms with Crippen molar-refractivity contribution < 1.29 is 38.5 Å². The van der Waals surface area contributed by atoms with Crippen LogP contribution >= 0.6 is 0 Å². The van der Waals surface area contributed by atoms with Crippen molar-refractivity contribution in [2.75, 3.05) is 18.0 Å². The predicted octanol–water partition coefficient (Wildman–Crippen LogP) is 1.53. The Hall–Kier alpha value is -3.96. The molecule has 0 spiro atoms. The number of carboxylic acid groups (broad SMARTS) is 3. The zero-order chi connectivity index (χ0) is 24.0. The van der Waals surface area contributed by atoms with Gasteiger partial charge in [-0.25, -0.2) is 23.2 Å². The fraction of sp³-hybridized carbons (Fsp3) is 0.333. The molecule has 0 amide bonds. The van der Waals surface area contributed by atoms with Gasteiger partial charge in [-0.2, -0.15) is 0 Å². The lowest BCUT2D eigenvalue weighted by atomic mass is 10.1. The van der Waals surface area contributed by atoms with Gasteiger partial charge in [-0.3, -0.25) is 4.79 Å². The van der Waals surface area contributed by atoms with Crippen molar-refractivity contribution in [1.29, 1.82) is 0 Å². The maximum atomic E-state index is 15.6. The second kappa shape index (κ2) is 8.19. The van der Waals surface area contributed by atoms with Gasteiger partial charge in [-0.15, -0.1) is 0 Å². The van der Waals surface area contributed by atoms with Crippen LogP contribution < -0.4 is 15.6 Å². The summed E-state index contributed by atoms with van der Waals surface area (Å²) >= 11 is 0. The van der Waals surface area contributed by atoms with E-state index >= 15 is 8.78 Å². The van der Waals surface area contributed by atoms with Crippen LogP contribution in [0.4, 0.5) is 14.5 Å². The Balaban J connectivity index is 1.74. The predicted molar refractivity (Wildman–Crippen MR) is 110 cm³/mol. The van der Waals surface area contributed by atoms with Gasteiger partial charge in [-0.05, 0) is 25.3 Å². The minimum Gasteiger partial charge on any atom is -0.478 e. The third-order valence-corrected chi connectivity index (χ3v) is 5.72. The SMILES string of the molecule is O=C(O)C=C(NC1CCN(c2c(F)cc3c(=O)c(C(=O)O)cn(C4CC4)c3c2F)C1)C(=O)O. The maximum Gasteiger partial charge on any atom is 0.352 e. The maximum absolute atomic E-state index is 15.6. The van der Waals surface area contributed by atoms with Crippen LogP contribution in [0.2, 0.25) is 0 Å². The molecule has 4 N–H and O–H groups in total. The number of fused-ring (bicyclic) bond motifs is 1. The molecule has 2 fully saturated rings. The Morgan fingerprint density at radius 3 is 2.39 bits per heavy atom. The van der Waals surface area contributed by atoms with Gasteiger partial charge in [0.1, 0.15) is 22.8 Å². The van der Waals surface area contributed by atoms with Crippen LogP contribution in [0.15, 0.2) is 28.8 Å². The largest absolute Gasteiger partial charge is 0.478 e. The number of halogens is 2. The van der Waals surface area contributed by atoms with E-state index < -0.39 is 58.0 Å². The average Bonchev–Trinajstić information content (AvgIpc) is 3.47. The fourth-order valence-electron chi connectivity index (χ4n) is 4.10. The van der Waals surface area contributed by atoms with Gasteiger partial charge < -0.3 is 30.1 Å². The number of rotatable bonds is 7. The molecule has 1 saturated heterocycles. The van der Waals surface area contributed by atoms with Crippen molar-refractivity contribution in [1.82, 2.24) is 9.88 Å². The number of aromatic nitrogens is 1. The molecule has 12 heteroatoms. The van der Waals surface area contributed by atoms with Crippen LogP contribution in [-0.2, 0) is 9.59 Å². The van der Waals surface area contributed by atoms with Gasteiger partial charge in [0.2, 0.25) is 5.43 Å². The van der Waals surface area contributed by atoms with Gasteiger partial charge >= 0.3 is 17.9 Å². The third kappa shape index (κ3) is 4.11. The van der Waals surface area contributed by atoms with Crippen LogP contribution in [0.5, 0.6) is 0 Å². The molecule has 1 unspecified atom stereocenters. The van der Waals surface area contributed by atoms with Crippen molar-refractivity contribution in [3.05, 3.63) is 51.5 Å². The van der Waals surface area contributed by atoms with Crippen LogP contribution in [0, 0.1) is 11.6 Å². The first-order chi connectivity index (χ1) is 15.6. The Morgan fingerprint density at radius 2 is 1.82 bits per heavy atom. The monoisotopic (exact) mass is 463 g/mol. The summed E-state index contributed by atoms with van der Waals surface area (Å²) in [7, 11) is 0. The summed E-state index contributed by atoms with van der Waals surface area (Å²) in [6.45, 7) is 0.113. The van der Waals surface area contributed by atoms with Crippen LogP contribution in [0.3, 0.4) is 0 Å². The molecule has 4 rings (SSSR count). The first kappa shape index (κ1) is 22.2. The van der Waals surface area contributed by atoms with Crippen molar-refractivity contribution in [2.24, 2.45) is 0 Å². The second-order valence-electron chi connectivity index (χ2n) is 8.01. The quantitative estimate of drug-likeness (QED) is 0.449. The lowest BCUT2D eigenvalue weighted by Gasteiger charge is -2.23. The molecule has 2 heterocycles. The molecule has 1 aromatic heterocycles. The number of nitrogens with one attached hydrogen (secondary N) is 1. The van der Waals surface area contributed by atoms with Gasteiger partial charge in [0.15, 0.2) is 5.82 Å². The summed E-state index contributed by atoms with van der Waals surface area (Å²) in [5.74, 6) is -6.49. The summed E-state index contributed by atoms with van der Waals surface area (Å²) in [6.07, 6.45) is 3.17. The van der Waals surface area contributed by atoms with E-state index in [9.17, 15) is 24.3 Å². The van der Waals surface area contributed by atoms with Crippen LogP contribution in [0.25, 0.3) is 10.9 Å². The first-order valence-corrected chi connectivity index (χ1v) is 10.1. The standard InChI is InChI=1S/C21H19F2N3O7/c22-13-5-11-17(26(10-1-2-10)8-12(19(11)29)20(30)31)16(23)18(13)25-4-3-9(7-25)24-14(21(32)33)6-15(27)28/h5-6,8-10,24H,1-4,7H2,(H,27,28)(H,30,31)(H,32,33). The number of aromatic carboxylic acids is 1. The molecule has 1 aliphatic heterocycles. The molecule has 2 aromatic rings. The first-order valence-electron chi connectivity index (χ1n) is 10.1. The van der Waals surface area contributed by atoms with Gasteiger partial charge in [-0.1, -0.05) is 0 Å². The molecule has 2 aliphatic rings. The summed E-state index contributed by atoms with van der Waals surface area (Å²) < 4.78 is 32.0. The molecule has 0 bridgehead atoms. The lowest BCUT2D eigenvalue weighted by Crippen LogP contribution is -2.35. The molecule has 1 aliphatic carbocycles. The van der Waals surface area contributed by atoms with E-state index in [-0.39, 0.29) is 36.5 Å². The van der Waals surface area contributed by atoms with Gasteiger partial charge in [0.25, 0.3) is 0 Å². The van der Waals surface area contributed by atoms with E-state index in [4.69, 9.17) is 10.2 Å². The van der Waals surface area contributed by atoms with Crippen molar-refractivity contribution in [2.45, 2.75) is 31.3 Å². The number of carboxylic acids is 3. The Bertz CT molecular complexity index is 1280. The molecular weight excluding hydrogens is 444 g/mol. The molecule has 1 atom stereocenters. The summed E-state index contributed by atoms with van der Waals surface area (Å²) in [4.78, 5) is 47.4. The van der Waals surface area contributed by atoms with Crippen molar-refractivity contribution in [3.63, 3.8) is 0 Å². The molecular formula is C21H19F2N3O7. The minimum absolute atomic E-state index is 0.0234. The molecule has 10 nitrogen and oxygen atoms in total. The van der Waals surface area contributed by atoms with Crippen molar-refractivity contribution >= 4 is 34.5 Å². The molecule has 33 heavy (non-hydrogen) atoms. The highest BCUT2D eigenvalue weighted by molar-refractivity contribution is 5.95. The normalized spacial score (nSPS) is 18.5. The number of aliphatic carboxylic acids is 2. The highest BCUT2D eigenvalue weighted by Gasteiger charge is 2.33. The smallest absolute Gasteiger partial charge is 0.352 e. The number of anilines is 1. The molecule has 1 aromatic carbocycles. The molecule has 1 saturated carbocycles. The number of carbonyl (C=O) groups is 3. The number of hydrogen-bond acceptors (Lipinski definition) is 6. The highest BCUT2D eigenvalue weighted by Crippen LogP contribution is 2.40. The summed E-state index contributed by atoms with van der Waals surface area (Å²) in [6, 6.07) is 0.0299. The lowest BCUT2D eigenvalue weighted by molar-refractivity contribution is -0.135. The highest BCUT2D eigenvalue weighted by atomic mass is 19.1. The second-order valence-corrected chi connectivity index (χ2v) is 8.01. The van der Waals surface area contributed by atoms with E-state index in [0.29, 0.717) is 18.9 Å². The van der Waals surface area contributed by atoms with E-state index in [2.05, 4.69) is 5.32 Å². The van der Waals surface area contributed by atoms with E-state index in [1.54, 1.807) is 0 Å². The summed E-state index contributed by atoms with van der Waals surface area (Å²) in [5.41, 5.74) is -2.71. The Kier molecular flexibility index (Phi) is 5.52. The zero-order valence-corrected chi connectivity index (χ0v) is 17.0. The van der Waals surface area contributed by atoms with Crippen LogP contribution in [-0.4, -0.2) is 56.9 Å². The topological polar surface area (TPSA) is 149 Å². The van der Waals surface area contributed by atoms with E-state index in [1.165, 1.54) is 9.47 Å². The molecule has 174 valence electrons.